The van der Waals surface area contributed by atoms with E-state index in [0.717, 1.165) is 6.42 Å². The van der Waals surface area contributed by atoms with Gasteiger partial charge in [0.1, 0.15) is 11.6 Å². The molecule has 1 aliphatic rings. The first kappa shape index (κ1) is 15.8. The van der Waals surface area contributed by atoms with Crippen LogP contribution in [0.1, 0.15) is 32.5 Å². The molecule has 0 aromatic carbocycles. The van der Waals surface area contributed by atoms with Gasteiger partial charge >= 0.3 is 6.18 Å². The van der Waals surface area contributed by atoms with Crippen LogP contribution in [-0.2, 0) is 10.9 Å². The van der Waals surface area contributed by atoms with Crippen molar-refractivity contribution in [2.24, 2.45) is 0 Å². The van der Waals surface area contributed by atoms with E-state index in [0.29, 0.717) is 13.0 Å². The Morgan fingerprint density at radius 2 is 1.95 bits per heavy atom. The van der Waals surface area contributed by atoms with Crippen LogP contribution in [0.4, 0.5) is 24.8 Å². The molecule has 2 N–H and O–H groups in total. The zero-order chi connectivity index (χ0) is 15.7. The molecule has 5 nitrogen and oxygen atoms in total. The van der Waals surface area contributed by atoms with E-state index in [1.54, 1.807) is 0 Å². The summed E-state index contributed by atoms with van der Waals surface area (Å²) in [5.41, 5.74) is -0.290. The molecule has 1 saturated heterocycles. The van der Waals surface area contributed by atoms with Crippen LogP contribution in [0.25, 0.3) is 0 Å². The third kappa shape index (κ3) is 4.20. The molecule has 8 heteroatoms. The number of ether oxygens (including phenoxy) is 1. The van der Waals surface area contributed by atoms with Gasteiger partial charge in [0.25, 0.3) is 0 Å². The van der Waals surface area contributed by atoms with E-state index < -0.39 is 12.0 Å². The molecule has 1 atom stereocenters. The second-order valence-electron chi connectivity index (χ2n) is 5.65. The van der Waals surface area contributed by atoms with E-state index in [9.17, 15) is 13.2 Å². The molecule has 1 fully saturated rings. The number of nitrogens with zero attached hydrogens (tertiary/aromatic N) is 2. The lowest BCUT2D eigenvalue weighted by Crippen LogP contribution is -2.40. The molecule has 2 rings (SSSR count). The van der Waals surface area contributed by atoms with Crippen LogP contribution in [-0.4, -0.2) is 35.3 Å². The van der Waals surface area contributed by atoms with Gasteiger partial charge in [-0.2, -0.15) is 13.2 Å². The molecule has 0 spiro atoms. The van der Waals surface area contributed by atoms with Crippen molar-refractivity contribution < 1.29 is 17.9 Å². The Bertz CT molecular complexity index is 505. The van der Waals surface area contributed by atoms with E-state index in [2.05, 4.69) is 20.6 Å². The minimum atomic E-state index is -4.57. The monoisotopic (exact) mass is 304 g/mol. The Morgan fingerprint density at radius 3 is 2.52 bits per heavy atom. The zero-order valence-corrected chi connectivity index (χ0v) is 12.2. The van der Waals surface area contributed by atoms with Crippen molar-refractivity contribution in [3.05, 3.63) is 11.9 Å². The van der Waals surface area contributed by atoms with Crippen LogP contribution in [0, 0.1) is 0 Å². The summed E-state index contributed by atoms with van der Waals surface area (Å²) in [7, 11) is 1.52. The second kappa shape index (κ2) is 5.67. The molecule has 21 heavy (non-hydrogen) atoms. The second-order valence-corrected chi connectivity index (χ2v) is 5.65. The van der Waals surface area contributed by atoms with Crippen LogP contribution < -0.4 is 10.6 Å². The predicted molar refractivity (Wildman–Crippen MR) is 73.3 cm³/mol. The average Bonchev–Trinajstić information content (AvgIpc) is 2.36. The normalized spacial score (nSPS) is 21.9. The fourth-order valence-electron chi connectivity index (χ4n) is 2.34. The largest absolute Gasteiger partial charge is 0.451 e. The molecule has 0 bridgehead atoms. The van der Waals surface area contributed by atoms with Crippen molar-refractivity contribution in [1.82, 2.24) is 9.97 Å². The number of alkyl halides is 3. The van der Waals surface area contributed by atoms with E-state index >= 15 is 0 Å². The summed E-state index contributed by atoms with van der Waals surface area (Å²) in [5.74, 6) is -0.848. The molecule has 1 aromatic heterocycles. The molecule has 0 amide bonds. The lowest BCUT2D eigenvalue weighted by atomic mass is 9.94. The lowest BCUT2D eigenvalue weighted by molar-refractivity contribution is -0.144. The summed E-state index contributed by atoms with van der Waals surface area (Å²) < 4.78 is 43.9. The standard InChI is InChI=1S/C13H19F3N4O/c1-12(2)7-8(4-5-21-12)18-10-6-9(17-3)19-11(20-10)13(14,15)16/h6,8H,4-5,7H2,1-3H3,(H2,17,18,19,20). The summed E-state index contributed by atoms with van der Waals surface area (Å²) in [5, 5.41) is 5.67. The van der Waals surface area contributed by atoms with Gasteiger partial charge in [0.2, 0.25) is 5.82 Å². The van der Waals surface area contributed by atoms with Gasteiger partial charge in [0, 0.05) is 25.8 Å². The maximum absolute atomic E-state index is 12.8. The van der Waals surface area contributed by atoms with E-state index in [1.165, 1.54) is 13.1 Å². The Balaban J connectivity index is 2.19. The number of anilines is 2. The highest BCUT2D eigenvalue weighted by atomic mass is 19.4. The summed E-state index contributed by atoms with van der Waals surface area (Å²) in [6, 6.07) is 1.49. The van der Waals surface area contributed by atoms with Crippen LogP contribution in [0.2, 0.25) is 0 Å². The first-order valence-corrected chi connectivity index (χ1v) is 6.74. The SMILES string of the molecule is CNc1cc(NC2CCOC(C)(C)C2)nc(C(F)(F)F)n1. The predicted octanol–water partition coefficient (Wildman–Crippen LogP) is 2.91. The first-order valence-electron chi connectivity index (χ1n) is 6.74. The van der Waals surface area contributed by atoms with E-state index in [1.807, 2.05) is 13.8 Å². The number of aromatic nitrogens is 2. The molecule has 1 aromatic rings. The molecule has 0 aliphatic carbocycles. The molecule has 0 saturated carbocycles. The van der Waals surface area contributed by atoms with Gasteiger partial charge in [-0.05, 0) is 26.7 Å². The number of nitrogens with one attached hydrogen (secondary N) is 2. The molecular weight excluding hydrogens is 285 g/mol. The van der Waals surface area contributed by atoms with E-state index in [-0.39, 0.29) is 23.3 Å². The quantitative estimate of drug-likeness (QED) is 0.899. The third-order valence-corrected chi connectivity index (χ3v) is 3.28. The van der Waals surface area contributed by atoms with Crippen molar-refractivity contribution in [2.75, 3.05) is 24.3 Å². The molecule has 1 unspecified atom stereocenters. The highest BCUT2D eigenvalue weighted by Gasteiger charge is 2.36. The van der Waals surface area contributed by atoms with Crippen LogP contribution in [0.3, 0.4) is 0 Å². The summed E-state index contributed by atoms with van der Waals surface area (Å²) >= 11 is 0. The molecular formula is C13H19F3N4O. The van der Waals surface area contributed by atoms with Crippen LogP contribution in [0.15, 0.2) is 6.07 Å². The number of rotatable bonds is 3. The van der Waals surface area contributed by atoms with Gasteiger partial charge in [-0.15, -0.1) is 0 Å². The Kier molecular flexibility index (Phi) is 4.27. The number of halogens is 3. The first-order chi connectivity index (χ1) is 9.69. The average molecular weight is 304 g/mol. The van der Waals surface area contributed by atoms with Crippen molar-refractivity contribution in [3.8, 4) is 0 Å². The fourth-order valence-corrected chi connectivity index (χ4v) is 2.34. The van der Waals surface area contributed by atoms with Crippen molar-refractivity contribution >= 4 is 11.6 Å². The molecule has 118 valence electrons. The maximum atomic E-state index is 12.8. The third-order valence-electron chi connectivity index (χ3n) is 3.28. The van der Waals surface area contributed by atoms with Crippen LogP contribution >= 0.6 is 0 Å². The smallest absolute Gasteiger partial charge is 0.375 e. The minimum absolute atomic E-state index is 0.0226. The fraction of sp³-hybridized carbons (Fsp3) is 0.692. The van der Waals surface area contributed by atoms with Gasteiger partial charge in [-0.3, -0.25) is 0 Å². The van der Waals surface area contributed by atoms with Crippen molar-refractivity contribution in [3.63, 3.8) is 0 Å². The van der Waals surface area contributed by atoms with Gasteiger partial charge in [-0.25, -0.2) is 9.97 Å². The Labute approximate surface area is 121 Å². The highest BCUT2D eigenvalue weighted by Crippen LogP contribution is 2.30. The van der Waals surface area contributed by atoms with Crippen LogP contribution in [0.5, 0.6) is 0 Å². The topological polar surface area (TPSA) is 59.1 Å². The Hall–Kier alpha value is -1.57. The molecule has 0 radical (unpaired) electrons. The van der Waals surface area contributed by atoms with Crippen molar-refractivity contribution in [2.45, 2.75) is 44.5 Å². The minimum Gasteiger partial charge on any atom is -0.375 e. The summed E-state index contributed by atoms with van der Waals surface area (Å²) in [6.45, 7) is 4.49. The van der Waals surface area contributed by atoms with Gasteiger partial charge in [-0.1, -0.05) is 0 Å². The molecule has 2 heterocycles. The van der Waals surface area contributed by atoms with Gasteiger partial charge < -0.3 is 15.4 Å². The highest BCUT2D eigenvalue weighted by molar-refractivity contribution is 5.48. The lowest BCUT2D eigenvalue weighted by Gasteiger charge is -2.36. The van der Waals surface area contributed by atoms with Gasteiger partial charge in [0.15, 0.2) is 0 Å². The van der Waals surface area contributed by atoms with Gasteiger partial charge in [0.05, 0.1) is 5.60 Å². The van der Waals surface area contributed by atoms with E-state index in [4.69, 9.17) is 4.74 Å². The number of hydrogen-bond donors (Lipinski definition) is 2. The Morgan fingerprint density at radius 1 is 1.29 bits per heavy atom. The van der Waals surface area contributed by atoms with Crippen molar-refractivity contribution in [1.29, 1.82) is 0 Å². The summed E-state index contributed by atoms with van der Waals surface area (Å²) in [6.07, 6.45) is -3.14. The zero-order valence-electron chi connectivity index (χ0n) is 12.2. The maximum Gasteiger partial charge on any atom is 0.451 e. The summed E-state index contributed by atoms with van der Waals surface area (Å²) in [4.78, 5) is 7.00. The number of hydrogen-bond acceptors (Lipinski definition) is 5. The molecule has 1 aliphatic heterocycles.